The highest BCUT2D eigenvalue weighted by Gasteiger charge is 2.20. The molecule has 6 nitrogen and oxygen atoms in total. The number of hydrazone groups is 1. The number of carbonyl (C=O) groups is 1. The van der Waals surface area contributed by atoms with Crippen LogP contribution in [0, 0.1) is 0 Å². The van der Waals surface area contributed by atoms with Crippen LogP contribution in [-0.2, 0) is 14.8 Å². The van der Waals surface area contributed by atoms with Crippen LogP contribution in [0.2, 0.25) is 0 Å². The molecular formula is C12H16BrN3O3S. The van der Waals surface area contributed by atoms with Gasteiger partial charge in [-0.3, -0.25) is 9.10 Å². The molecule has 0 saturated heterocycles. The average molecular weight is 362 g/mol. The summed E-state index contributed by atoms with van der Waals surface area (Å²) in [6.45, 7) is 3.12. The molecule has 0 saturated carbocycles. The molecule has 1 aromatic carbocycles. The van der Waals surface area contributed by atoms with Gasteiger partial charge in [-0.25, -0.2) is 13.8 Å². The zero-order chi connectivity index (χ0) is 15.3. The van der Waals surface area contributed by atoms with Gasteiger partial charge in [0.2, 0.25) is 10.0 Å². The van der Waals surface area contributed by atoms with Gasteiger partial charge in [0.05, 0.1) is 11.9 Å². The highest BCUT2D eigenvalue weighted by molar-refractivity contribution is 9.10. The molecule has 0 heterocycles. The van der Waals surface area contributed by atoms with E-state index in [1.54, 1.807) is 38.1 Å². The lowest BCUT2D eigenvalue weighted by molar-refractivity contribution is -0.119. The van der Waals surface area contributed by atoms with Crippen molar-refractivity contribution in [2.45, 2.75) is 13.8 Å². The van der Waals surface area contributed by atoms with Crippen LogP contribution in [0.15, 0.2) is 33.8 Å². The Morgan fingerprint density at radius 3 is 2.55 bits per heavy atom. The number of amides is 1. The average Bonchev–Trinajstić information content (AvgIpc) is 2.32. The van der Waals surface area contributed by atoms with E-state index in [-0.39, 0.29) is 6.54 Å². The van der Waals surface area contributed by atoms with Crippen molar-refractivity contribution in [3.05, 3.63) is 28.7 Å². The fourth-order valence-electron chi connectivity index (χ4n) is 1.37. The maximum atomic E-state index is 11.8. The van der Waals surface area contributed by atoms with Gasteiger partial charge in [0.25, 0.3) is 5.91 Å². The van der Waals surface area contributed by atoms with Gasteiger partial charge in [0, 0.05) is 10.2 Å². The monoisotopic (exact) mass is 361 g/mol. The van der Waals surface area contributed by atoms with Gasteiger partial charge >= 0.3 is 0 Å². The fraction of sp³-hybridized carbons (Fsp3) is 0.333. The van der Waals surface area contributed by atoms with Crippen molar-refractivity contribution in [3.8, 4) is 0 Å². The van der Waals surface area contributed by atoms with Crippen molar-refractivity contribution < 1.29 is 13.2 Å². The fourth-order valence-corrected chi connectivity index (χ4v) is 2.61. The number of benzene rings is 1. The van der Waals surface area contributed by atoms with Crippen molar-refractivity contribution in [2.24, 2.45) is 5.10 Å². The van der Waals surface area contributed by atoms with E-state index in [0.717, 1.165) is 15.0 Å². The van der Waals surface area contributed by atoms with E-state index in [1.165, 1.54) is 0 Å². The molecule has 0 spiro atoms. The summed E-state index contributed by atoms with van der Waals surface area (Å²) in [7, 11) is -3.57. The minimum atomic E-state index is -3.57. The van der Waals surface area contributed by atoms with Crippen molar-refractivity contribution in [2.75, 3.05) is 17.1 Å². The number of anilines is 1. The maximum absolute atomic E-state index is 11.8. The van der Waals surface area contributed by atoms with Gasteiger partial charge in [0.1, 0.15) is 6.54 Å². The number of rotatable bonds is 5. The molecule has 0 aliphatic rings. The van der Waals surface area contributed by atoms with Crippen molar-refractivity contribution in [1.29, 1.82) is 0 Å². The number of sulfonamides is 1. The van der Waals surface area contributed by atoms with Crippen LogP contribution in [0.5, 0.6) is 0 Å². The van der Waals surface area contributed by atoms with Gasteiger partial charge in [-0.1, -0.05) is 22.0 Å². The van der Waals surface area contributed by atoms with Crippen LogP contribution < -0.4 is 9.73 Å². The molecule has 20 heavy (non-hydrogen) atoms. The lowest BCUT2D eigenvalue weighted by atomic mass is 10.3. The summed E-state index contributed by atoms with van der Waals surface area (Å²) in [5, 5.41) is 3.76. The molecule has 1 amide bonds. The summed E-state index contributed by atoms with van der Waals surface area (Å²) in [4.78, 5) is 11.7. The van der Waals surface area contributed by atoms with Crippen LogP contribution in [0.3, 0.4) is 0 Å². The summed E-state index contributed by atoms with van der Waals surface area (Å²) in [5.41, 5.74) is 3.38. The first-order valence-corrected chi connectivity index (χ1v) is 8.37. The molecule has 1 aromatic rings. The second-order valence-corrected chi connectivity index (χ2v) is 7.17. The van der Waals surface area contributed by atoms with Crippen molar-refractivity contribution >= 4 is 43.3 Å². The Morgan fingerprint density at radius 2 is 2.05 bits per heavy atom. The highest BCUT2D eigenvalue weighted by Crippen LogP contribution is 2.21. The molecule has 0 aliphatic carbocycles. The number of hydrogen-bond donors (Lipinski definition) is 1. The van der Waals surface area contributed by atoms with Crippen LogP contribution in [-0.4, -0.2) is 32.8 Å². The highest BCUT2D eigenvalue weighted by atomic mass is 79.9. The Labute approximate surface area is 127 Å². The molecule has 0 aliphatic heterocycles. The zero-order valence-corrected chi connectivity index (χ0v) is 13.8. The molecule has 0 bridgehead atoms. The van der Waals surface area contributed by atoms with Crippen molar-refractivity contribution in [1.82, 2.24) is 5.43 Å². The van der Waals surface area contributed by atoms with Gasteiger partial charge in [-0.05, 0) is 32.0 Å². The number of nitrogens with zero attached hydrogens (tertiary/aromatic N) is 2. The minimum Gasteiger partial charge on any atom is -0.271 e. The second-order valence-electron chi connectivity index (χ2n) is 4.34. The van der Waals surface area contributed by atoms with E-state index in [0.29, 0.717) is 11.4 Å². The van der Waals surface area contributed by atoms with E-state index < -0.39 is 15.9 Å². The third-order valence-electron chi connectivity index (χ3n) is 2.19. The summed E-state index contributed by atoms with van der Waals surface area (Å²) in [6, 6.07) is 6.72. The smallest absolute Gasteiger partial charge is 0.260 e. The topological polar surface area (TPSA) is 78.8 Å². The first-order chi connectivity index (χ1) is 9.20. The molecule has 110 valence electrons. The van der Waals surface area contributed by atoms with E-state index in [9.17, 15) is 13.2 Å². The minimum absolute atomic E-state index is 0.327. The summed E-state index contributed by atoms with van der Waals surface area (Å²) in [5.74, 6) is -0.503. The van der Waals surface area contributed by atoms with E-state index in [1.807, 2.05) is 0 Å². The molecule has 0 unspecified atom stereocenters. The Kier molecular flexibility index (Phi) is 5.70. The van der Waals surface area contributed by atoms with Gasteiger partial charge < -0.3 is 0 Å². The number of nitrogens with one attached hydrogen (secondary N) is 1. The third-order valence-corrected chi connectivity index (χ3v) is 3.82. The first-order valence-electron chi connectivity index (χ1n) is 5.73. The molecule has 1 rings (SSSR count). The molecular weight excluding hydrogens is 346 g/mol. The molecule has 0 radical (unpaired) electrons. The Bertz CT molecular complexity index is 625. The lowest BCUT2D eigenvalue weighted by Gasteiger charge is -2.21. The summed E-state index contributed by atoms with van der Waals surface area (Å²) < 4.78 is 25.4. The second kappa shape index (κ2) is 6.85. The van der Waals surface area contributed by atoms with Crippen LogP contribution in [0.4, 0.5) is 5.69 Å². The van der Waals surface area contributed by atoms with Gasteiger partial charge in [0.15, 0.2) is 0 Å². The van der Waals surface area contributed by atoms with Gasteiger partial charge in [-0.2, -0.15) is 5.10 Å². The lowest BCUT2D eigenvalue weighted by Crippen LogP contribution is -2.39. The molecule has 0 fully saturated rings. The van der Waals surface area contributed by atoms with Crippen LogP contribution >= 0.6 is 15.9 Å². The Hall–Kier alpha value is -1.41. The SMILES string of the molecule is CC(C)=NNC(=O)CN(c1cccc(Br)c1)S(C)(=O)=O. The molecule has 8 heteroatoms. The zero-order valence-electron chi connectivity index (χ0n) is 11.4. The number of hydrogen-bond acceptors (Lipinski definition) is 4. The van der Waals surface area contributed by atoms with E-state index in [4.69, 9.17) is 0 Å². The summed E-state index contributed by atoms with van der Waals surface area (Å²) >= 11 is 3.27. The molecule has 0 aromatic heterocycles. The predicted molar refractivity (Wildman–Crippen MR) is 83.3 cm³/mol. The quantitative estimate of drug-likeness (QED) is 0.640. The van der Waals surface area contributed by atoms with Crippen LogP contribution in [0.1, 0.15) is 13.8 Å². The number of halogens is 1. The Morgan fingerprint density at radius 1 is 1.40 bits per heavy atom. The van der Waals surface area contributed by atoms with E-state index >= 15 is 0 Å². The Balaban J connectivity index is 2.98. The van der Waals surface area contributed by atoms with E-state index in [2.05, 4.69) is 26.5 Å². The third kappa shape index (κ3) is 5.30. The summed E-state index contributed by atoms with van der Waals surface area (Å²) in [6.07, 6.45) is 1.05. The van der Waals surface area contributed by atoms with Crippen LogP contribution in [0.25, 0.3) is 0 Å². The normalized spacial score (nSPS) is 10.8. The molecule has 0 atom stereocenters. The number of carbonyl (C=O) groups excluding carboxylic acids is 1. The predicted octanol–water partition coefficient (Wildman–Crippen LogP) is 1.73. The molecule has 1 N–H and O–H groups in total. The van der Waals surface area contributed by atoms with Gasteiger partial charge in [-0.15, -0.1) is 0 Å². The van der Waals surface area contributed by atoms with Crippen molar-refractivity contribution in [3.63, 3.8) is 0 Å². The standard InChI is InChI=1S/C12H16BrN3O3S/c1-9(2)14-15-12(17)8-16(20(3,18)19)11-6-4-5-10(13)7-11/h4-7H,8H2,1-3H3,(H,15,17). The maximum Gasteiger partial charge on any atom is 0.260 e. The first kappa shape index (κ1) is 16.6. The largest absolute Gasteiger partial charge is 0.271 e.